The van der Waals surface area contributed by atoms with Gasteiger partial charge in [-0.3, -0.25) is 9.79 Å². The molecule has 0 spiro atoms. The van der Waals surface area contributed by atoms with Gasteiger partial charge in [0.25, 0.3) is 5.91 Å². The summed E-state index contributed by atoms with van der Waals surface area (Å²) in [6.07, 6.45) is 4.04. The molecule has 1 aliphatic carbocycles. The molecule has 1 fully saturated rings. The third kappa shape index (κ3) is 3.61. The lowest BCUT2D eigenvalue weighted by Crippen LogP contribution is -2.44. The van der Waals surface area contributed by atoms with Gasteiger partial charge in [-0.15, -0.1) is 10.2 Å². The van der Waals surface area contributed by atoms with E-state index in [2.05, 4.69) is 42.1 Å². The highest BCUT2D eigenvalue weighted by Gasteiger charge is 2.42. The van der Waals surface area contributed by atoms with Crippen LogP contribution in [0.1, 0.15) is 29.8 Å². The summed E-state index contributed by atoms with van der Waals surface area (Å²) in [4.78, 5) is 16.1. The Kier molecular flexibility index (Phi) is 5.06. The smallest absolute Gasteiger partial charge is 0.277 e. The van der Waals surface area contributed by atoms with E-state index >= 15 is 0 Å². The van der Waals surface area contributed by atoms with E-state index in [9.17, 15) is 9.18 Å². The molecule has 2 aromatic heterocycles. The van der Waals surface area contributed by atoms with Crippen LogP contribution in [0.4, 0.5) is 16.0 Å². The van der Waals surface area contributed by atoms with Gasteiger partial charge in [-0.1, -0.05) is 18.2 Å². The van der Waals surface area contributed by atoms with Gasteiger partial charge in [0.1, 0.15) is 17.9 Å². The first-order valence-electron chi connectivity index (χ1n) is 8.15. The normalized spacial score (nSPS) is 15.8. The molecule has 0 saturated heterocycles. The number of hydrogen-bond donors (Lipinski definition) is 2. The van der Waals surface area contributed by atoms with E-state index in [4.69, 9.17) is 0 Å². The standard InChI is InChI=1S/C17H19FN6O2/c1-11(18)15(19-2)17(7-3-8-17)10-20-13-5-4-12(22-23-13)16(25)21-14-6-9-26-24-14/h4-6,9H,1,3,7-8,10H2,2H3,(H,20,23)(H,21,24,25). The minimum atomic E-state index is -0.500. The summed E-state index contributed by atoms with van der Waals surface area (Å²) in [5.41, 5.74) is 0.170. The van der Waals surface area contributed by atoms with Gasteiger partial charge >= 0.3 is 0 Å². The van der Waals surface area contributed by atoms with Crippen molar-refractivity contribution in [2.45, 2.75) is 19.3 Å². The Labute approximate surface area is 149 Å². The molecular weight excluding hydrogens is 339 g/mol. The zero-order valence-corrected chi connectivity index (χ0v) is 14.3. The van der Waals surface area contributed by atoms with Gasteiger partial charge in [0, 0.05) is 25.1 Å². The van der Waals surface area contributed by atoms with Crippen molar-refractivity contribution < 1.29 is 13.7 Å². The molecule has 136 valence electrons. The fourth-order valence-electron chi connectivity index (χ4n) is 3.01. The summed E-state index contributed by atoms with van der Waals surface area (Å²) in [6.45, 7) is 3.86. The Balaban J connectivity index is 1.62. The van der Waals surface area contributed by atoms with E-state index in [1.54, 1.807) is 19.2 Å². The van der Waals surface area contributed by atoms with Crippen molar-refractivity contribution >= 4 is 23.3 Å². The van der Waals surface area contributed by atoms with Gasteiger partial charge in [-0.2, -0.15) is 0 Å². The first-order valence-corrected chi connectivity index (χ1v) is 8.15. The van der Waals surface area contributed by atoms with Gasteiger partial charge in [0.2, 0.25) is 0 Å². The maximum absolute atomic E-state index is 13.7. The van der Waals surface area contributed by atoms with Crippen LogP contribution in [0.15, 0.2) is 46.4 Å². The molecule has 0 aliphatic heterocycles. The molecule has 0 radical (unpaired) electrons. The highest BCUT2D eigenvalue weighted by atomic mass is 19.1. The van der Waals surface area contributed by atoms with Crippen molar-refractivity contribution in [2.75, 3.05) is 24.2 Å². The number of anilines is 2. The lowest BCUT2D eigenvalue weighted by molar-refractivity contribution is 0.102. The zero-order valence-electron chi connectivity index (χ0n) is 14.3. The molecule has 2 aromatic rings. The van der Waals surface area contributed by atoms with Crippen LogP contribution in [0, 0.1) is 5.41 Å². The second kappa shape index (κ2) is 7.42. The number of halogens is 1. The van der Waals surface area contributed by atoms with E-state index in [0.717, 1.165) is 19.3 Å². The van der Waals surface area contributed by atoms with Crippen LogP contribution in [0.25, 0.3) is 0 Å². The Morgan fingerprint density at radius 2 is 2.15 bits per heavy atom. The van der Waals surface area contributed by atoms with Crippen molar-refractivity contribution in [1.82, 2.24) is 15.4 Å². The third-order valence-corrected chi connectivity index (χ3v) is 4.48. The summed E-state index contributed by atoms with van der Waals surface area (Å²) in [5, 5.41) is 17.2. The number of nitrogens with one attached hydrogen (secondary N) is 2. The minimum Gasteiger partial charge on any atom is -0.368 e. The van der Waals surface area contributed by atoms with E-state index < -0.39 is 11.7 Å². The van der Waals surface area contributed by atoms with Crippen LogP contribution >= 0.6 is 0 Å². The molecular formula is C17H19FN6O2. The lowest BCUT2D eigenvalue weighted by atomic mass is 9.65. The van der Waals surface area contributed by atoms with Crippen molar-refractivity contribution in [3.8, 4) is 0 Å². The van der Waals surface area contributed by atoms with Gasteiger partial charge < -0.3 is 15.2 Å². The van der Waals surface area contributed by atoms with Crippen LogP contribution in [0.3, 0.4) is 0 Å². The summed E-state index contributed by atoms with van der Waals surface area (Å²) >= 11 is 0. The highest BCUT2D eigenvalue weighted by molar-refractivity contribution is 6.03. The molecule has 2 N–H and O–H groups in total. The molecule has 0 unspecified atom stereocenters. The molecule has 3 rings (SSSR count). The molecule has 0 atom stereocenters. The Morgan fingerprint density at radius 3 is 2.65 bits per heavy atom. The first-order chi connectivity index (χ1) is 12.5. The number of allylic oxidation sites excluding steroid dienone is 1. The molecule has 9 heteroatoms. The number of aromatic nitrogens is 3. The highest BCUT2D eigenvalue weighted by Crippen LogP contribution is 2.44. The molecule has 0 bridgehead atoms. The van der Waals surface area contributed by atoms with E-state index in [1.165, 1.54) is 12.3 Å². The van der Waals surface area contributed by atoms with Crippen LogP contribution in [0.2, 0.25) is 0 Å². The predicted molar refractivity (Wildman–Crippen MR) is 94.9 cm³/mol. The van der Waals surface area contributed by atoms with Crippen molar-refractivity contribution in [1.29, 1.82) is 0 Å². The van der Waals surface area contributed by atoms with E-state index in [1.807, 2.05) is 0 Å². The Bertz CT molecular complexity index is 812. The molecule has 26 heavy (non-hydrogen) atoms. The summed E-state index contributed by atoms with van der Waals surface area (Å²) in [7, 11) is 1.57. The molecule has 1 saturated carbocycles. The second-order valence-corrected chi connectivity index (χ2v) is 6.11. The maximum atomic E-state index is 13.7. The summed E-state index contributed by atoms with van der Waals surface area (Å²) in [6, 6.07) is 4.70. The summed E-state index contributed by atoms with van der Waals surface area (Å²) in [5.74, 6) is -0.152. The van der Waals surface area contributed by atoms with Crippen LogP contribution in [-0.2, 0) is 0 Å². The average molecular weight is 358 g/mol. The maximum Gasteiger partial charge on any atom is 0.277 e. The Morgan fingerprint density at radius 1 is 1.35 bits per heavy atom. The molecule has 1 amide bonds. The molecule has 1 aliphatic rings. The number of rotatable bonds is 7. The number of carbonyl (C=O) groups excluding carboxylic acids is 1. The second-order valence-electron chi connectivity index (χ2n) is 6.11. The van der Waals surface area contributed by atoms with Crippen molar-refractivity contribution in [3.63, 3.8) is 0 Å². The van der Waals surface area contributed by atoms with Crippen molar-refractivity contribution in [3.05, 3.63) is 42.6 Å². The number of amides is 1. The van der Waals surface area contributed by atoms with Gasteiger partial charge in [0.05, 0.1) is 5.71 Å². The van der Waals surface area contributed by atoms with Crippen molar-refractivity contribution in [2.24, 2.45) is 10.4 Å². The molecule has 8 nitrogen and oxygen atoms in total. The molecule has 2 heterocycles. The number of hydrogen-bond acceptors (Lipinski definition) is 7. The SMILES string of the molecule is C=C(F)C(=NC)C1(CNc2ccc(C(=O)Nc3ccon3)nn2)CCC1. The number of nitrogens with zero attached hydrogens (tertiary/aromatic N) is 4. The third-order valence-electron chi connectivity index (χ3n) is 4.48. The van der Waals surface area contributed by atoms with E-state index in [-0.39, 0.29) is 11.1 Å². The predicted octanol–water partition coefficient (Wildman–Crippen LogP) is 2.85. The number of aliphatic imine (C=N–C) groups is 1. The average Bonchev–Trinajstić information content (AvgIpc) is 3.10. The first kappa shape index (κ1) is 17.7. The Hall–Kier alpha value is -3.10. The van der Waals surface area contributed by atoms with Gasteiger partial charge in [0.15, 0.2) is 11.5 Å². The largest absolute Gasteiger partial charge is 0.368 e. The number of carbonyl (C=O) groups is 1. The summed E-state index contributed by atoms with van der Waals surface area (Å²) < 4.78 is 18.3. The topological polar surface area (TPSA) is 105 Å². The minimum absolute atomic E-state index is 0.143. The van der Waals surface area contributed by atoms with Gasteiger partial charge in [-0.05, 0) is 25.0 Å². The lowest BCUT2D eigenvalue weighted by Gasteiger charge is -2.42. The quantitative estimate of drug-likeness (QED) is 0.737. The molecule has 0 aromatic carbocycles. The van der Waals surface area contributed by atoms with Crippen LogP contribution < -0.4 is 10.6 Å². The van der Waals surface area contributed by atoms with Gasteiger partial charge in [-0.25, -0.2) is 4.39 Å². The van der Waals surface area contributed by atoms with Crippen LogP contribution in [-0.4, -0.2) is 40.6 Å². The fraction of sp³-hybridized carbons (Fsp3) is 0.353. The fourth-order valence-corrected chi connectivity index (χ4v) is 3.01. The zero-order chi connectivity index (χ0) is 18.6. The monoisotopic (exact) mass is 358 g/mol. The van der Waals surface area contributed by atoms with E-state index in [0.29, 0.717) is 23.9 Å². The van der Waals surface area contributed by atoms with Crippen LogP contribution in [0.5, 0.6) is 0 Å².